The number of unbranched alkanes of at least 4 members (excludes halogenated alkanes) is 33. The van der Waals surface area contributed by atoms with E-state index in [4.69, 9.17) is 14.2 Å². The van der Waals surface area contributed by atoms with Crippen molar-refractivity contribution >= 4 is 17.9 Å². The fraction of sp³-hybridized carbons (Fsp3) is 0.736. The van der Waals surface area contributed by atoms with Gasteiger partial charge in [0.05, 0.1) is 0 Å². The molecule has 0 aromatic heterocycles. The van der Waals surface area contributed by atoms with Crippen LogP contribution in [0.25, 0.3) is 0 Å². The summed E-state index contributed by atoms with van der Waals surface area (Å²) in [6, 6.07) is 0. The lowest BCUT2D eigenvalue weighted by molar-refractivity contribution is -0.167. The highest BCUT2D eigenvalue weighted by atomic mass is 16.6. The summed E-state index contributed by atoms with van der Waals surface area (Å²) in [7, 11) is 0. The van der Waals surface area contributed by atoms with Crippen LogP contribution in [-0.2, 0) is 28.6 Å². The smallest absolute Gasteiger partial charge is 0.306 e. The fourth-order valence-corrected chi connectivity index (χ4v) is 9.32. The summed E-state index contributed by atoms with van der Waals surface area (Å²) in [5.74, 6) is -0.890. The highest BCUT2D eigenvalue weighted by Gasteiger charge is 2.19. The van der Waals surface area contributed by atoms with Crippen LogP contribution in [0.3, 0.4) is 0 Å². The van der Waals surface area contributed by atoms with Crippen molar-refractivity contribution in [2.75, 3.05) is 13.2 Å². The first-order valence-corrected chi connectivity index (χ1v) is 33.2. The monoisotopic (exact) mass is 1080 g/mol. The van der Waals surface area contributed by atoms with Crippen LogP contribution < -0.4 is 0 Å². The highest BCUT2D eigenvalue weighted by molar-refractivity contribution is 5.71. The molecule has 0 aliphatic rings. The molecule has 1 unspecified atom stereocenters. The zero-order valence-corrected chi connectivity index (χ0v) is 51.4. The van der Waals surface area contributed by atoms with Crippen LogP contribution in [-0.4, -0.2) is 37.2 Å². The van der Waals surface area contributed by atoms with Crippen LogP contribution in [0.2, 0.25) is 0 Å². The van der Waals surface area contributed by atoms with E-state index in [9.17, 15) is 14.4 Å². The fourth-order valence-electron chi connectivity index (χ4n) is 9.32. The quantitative estimate of drug-likeness (QED) is 0.0261. The van der Waals surface area contributed by atoms with Gasteiger partial charge in [-0.1, -0.05) is 279 Å². The number of hydrogen-bond donors (Lipinski definition) is 0. The van der Waals surface area contributed by atoms with E-state index in [1.54, 1.807) is 0 Å². The number of carbonyl (C=O) groups excluding carboxylic acids is 3. The molecule has 448 valence electrons. The Morgan fingerprint density at radius 3 is 0.795 bits per heavy atom. The Hall–Kier alpha value is -3.67. The second-order valence-electron chi connectivity index (χ2n) is 22.0. The van der Waals surface area contributed by atoms with Crippen LogP contribution in [0, 0.1) is 0 Å². The lowest BCUT2D eigenvalue weighted by atomic mass is 10.1. The van der Waals surface area contributed by atoms with Crippen molar-refractivity contribution in [3.63, 3.8) is 0 Å². The number of rotatable bonds is 60. The topological polar surface area (TPSA) is 78.9 Å². The molecule has 0 rings (SSSR count). The van der Waals surface area contributed by atoms with Gasteiger partial charge in [0.2, 0.25) is 0 Å². The molecule has 0 aliphatic carbocycles. The first kappa shape index (κ1) is 74.3. The first-order valence-electron chi connectivity index (χ1n) is 33.2. The second-order valence-corrected chi connectivity index (χ2v) is 22.0. The van der Waals surface area contributed by atoms with Gasteiger partial charge in [-0.25, -0.2) is 0 Å². The predicted octanol–water partition coefficient (Wildman–Crippen LogP) is 22.8. The summed E-state index contributed by atoms with van der Waals surface area (Å²) in [5.41, 5.74) is 0. The second kappa shape index (κ2) is 65.8. The molecular weight excluding hydrogens is 961 g/mol. The molecule has 0 aliphatic heterocycles. The highest BCUT2D eigenvalue weighted by Crippen LogP contribution is 2.16. The number of ether oxygens (including phenoxy) is 3. The first-order chi connectivity index (χ1) is 38.5. The zero-order valence-electron chi connectivity index (χ0n) is 51.4. The third-order valence-corrected chi connectivity index (χ3v) is 14.3. The van der Waals surface area contributed by atoms with E-state index in [-0.39, 0.29) is 31.1 Å². The molecule has 0 amide bonds. The molecule has 0 N–H and O–H groups in total. The maximum atomic E-state index is 12.9. The molecule has 0 aromatic carbocycles. The minimum Gasteiger partial charge on any atom is -0.462 e. The molecule has 0 heterocycles. The Balaban J connectivity index is 4.35. The van der Waals surface area contributed by atoms with Crippen molar-refractivity contribution in [3.8, 4) is 0 Å². The lowest BCUT2D eigenvalue weighted by Crippen LogP contribution is -2.30. The predicted molar refractivity (Wildman–Crippen MR) is 339 cm³/mol. The van der Waals surface area contributed by atoms with Crippen LogP contribution >= 0.6 is 0 Å². The average molecular weight is 1090 g/mol. The van der Waals surface area contributed by atoms with Gasteiger partial charge in [0.15, 0.2) is 6.10 Å². The van der Waals surface area contributed by atoms with Gasteiger partial charge in [0, 0.05) is 19.3 Å². The standard InChI is InChI=1S/C72H124O6/c1-4-7-10-13-16-19-22-25-28-30-32-33-34-35-36-37-38-39-41-42-44-47-50-53-56-59-62-65-71(74)77-68-69(67-76-70(73)64-61-58-55-52-49-46-27-24-21-18-15-12-9-6-3)78-72(75)66-63-60-57-54-51-48-45-43-40-31-29-26-23-20-17-14-11-8-5-2/h7,10,16,19,24-29,32-33,35-36,38-39,69H,4-6,8-9,11-15,17-18,20-23,30-31,34,37,40-68H2,1-3H3/b10-7-,19-16-,27-24-,28-25-,29-26-,33-32-,36-35-,39-38-. The third kappa shape index (κ3) is 63.2. The molecule has 0 radical (unpaired) electrons. The van der Waals surface area contributed by atoms with E-state index in [1.807, 2.05) is 0 Å². The number of esters is 3. The van der Waals surface area contributed by atoms with Crippen molar-refractivity contribution in [3.05, 3.63) is 97.2 Å². The normalized spacial score (nSPS) is 12.7. The molecule has 0 saturated carbocycles. The summed E-state index contributed by atoms with van der Waals surface area (Å²) >= 11 is 0. The van der Waals surface area contributed by atoms with Crippen molar-refractivity contribution in [2.24, 2.45) is 0 Å². The largest absolute Gasteiger partial charge is 0.462 e. The van der Waals surface area contributed by atoms with Gasteiger partial charge in [-0.2, -0.15) is 0 Å². The molecule has 78 heavy (non-hydrogen) atoms. The number of carbonyl (C=O) groups is 3. The Bertz CT molecular complexity index is 1530. The van der Waals surface area contributed by atoms with E-state index in [2.05, 4.69) is 118 Å². The minimum atomic E-state index is -0.787. The van der Waals surface area contributed by atoms with Gasteiger partial charge >= 0.3 is 17.9 Å². The molecule has 0 saturated heterocycles. The van der Waals surface area contributed by atoms with Gasteiger partial charge < -0.3 is 14.2 Å². The summed E-state index contributed by atoms with van der Waals surface area (Å²) in [6.07, 6.45) is 88.4. The van der Waals surface area contributed by atoms with E-state index in [1.165, 1.54) is 173 Å². The molecule has 0 bridgehead atoms. The molecule has 0 spiro atoms. The maximum absolute atomic E-state index is 12.9. The Labute approximate surface area is 483 Å². The molecular formula is C72H124O6. The molecule has 0 aromatic rings. The molecule has 6 nitrogen and oxygen atoms in total. The Morgan fingerprint density at radius 2 is 0.500 bits per heavy atom. The van der Waals surface area contributed by atoms with E-state index in [0.717, 1.165) is 109 Å². The average Bonchev–Trinajstić information content (AvgIpc) is 3.44. The summed E-state index contributed by atoms with van der Waals surface area (Å²) in [6.45, 7) is 6.53. The van der Waals surface area contributed by atoms with Gasteiger partial charge in [0.25, 0.3) is 0 Å². The van der Waals surface area contributed by atoms with Crippen molar-refractivity contribution in [2.45, 2.75) is 329 Å². The van der Waals surface area contributed by atoms with Crippen LogP contribution in [0.4, 0.5) is 0 Å². The number of hydrogen-bond acceptors (Lipinski definition) is 6. The summed E-state index contributed by atoms with van der Waals surface area (Å²) in [4.78, 5) is 38.4. The van der Waals surface area contributed by atoms with E-state index in [0.29, 0.717) is 19.3 Å². The van der Waals surface area contributed by atoms with Crippen LogP contribution in [0.5, 0.6) is 0 Å². The molecule has 0 fully saturated rings. The van der Waals surface area contributed by atoms with Gasteiger partial charge in [-0.3, -0.25) is 14.4 Å². The van der Waals surface area contributed by atoms with E-state index < -0.39 is 6.10 Å². The van der Waals surface area contributed by atoms with Gasteiger partial charge in [0.1, 0.15) is 13.2 Å². The lowest BCUT2D eigenvalue weighted by Gasteiger charge is -2.18. The summed E-state index contributed by atoms with van der Waals surface area (Å²) in [5, 5.41) is 0. The zero-order chi connectivity index (χ0) is 56.4. The maximum Gasteiger partial charge on any atom is 0.306 e. The van der Waals surface area contributed by atoms with Crippen LogP contribution in [0.15, 0.2) is 97.2 Å². The van der Waals surface area contributed by atoms with Gasteiger partial charge in [-0.05, 0) is 122 Å². The minimum absolute atomic E-state index is 0.0837. The van der Waals surface area contributed by atoms with Crippen molar-refractivity contribution in [1.29, 1.82) is 0 Å². The Morgan fingerprint density at radius 1 is 0.269 bits per heavy atom. The van der Waals surface area contributed by atoms with Crippen molar-refractivity contribution < 1.29 is 28.6 Å². The van der Waals surface area contributed by atoms with Crippen LogP contribution in [0.1, 0.15) is 323 Å². The summed E-state index contributed by atoms with van der Waals surface area (Å²) < 4.78 is 16.9. The number of allylic oxidation sites excluding steroid dienone is 16. The van der Waals surface area contributed by atoms with Crippen molar-refractivity contribution in [1.82, 2.24) is 0 Å². The van der Waals surface area contributed by atoms with Gasteiger partial charge in [-0.15, -0.1) is 0 Å². The molecule has 6 heteroatoms. The van der Waals surface area contributed by atoms with E-state index >= 15 is 0 Å². The SMILES string of the molecule is CC/C=C\C/C=C\C/C=C\C/C=C\C/C=C\C/C=C\CCCCCCCCCCC(=O)OCC(COC(=O)CCCCCCC/C=C\CCCCCCC)OC(=O)CCCCCCCCCCC/C=C\CCCCCCCC. The Kier molecular flexibility index (Phi) is 62.7. The molecule has 1 atom stereocenters. The third-order valence-electron chi connectivity index (χ3n) is 14.3.